The molecule has 3 fully saturated rings. The van der Waals surface area contributed by atoms with Crippen LogP contribution in [0.4, 0.5) is 0 Å². The molecule has 0 amide bonds. The third kappa shape index (κ3) is 6.99. The van der Waals surface area contributed by atoms with Crippen molar-refractivity contribution in [2.45, 2.75) is 117 Å². The standard InChI is InChI=1S/C24H45.C5H9O.Al.H/c1-15(2)21-11-9-17(5)13-23(21)19(7)20(8)24-14-18(6)10-12-22(24)16(3)4;1-2-4-6-5-3-1;;/h15-24H,7,9-14H2,1-6,8H3;4H,1-3,5H2;;. The molecule has 2 heteroatoms. The molecule has 0 N–H and O–H groups in total. The molecule has 9 atom stereocenters. The van der Waals surface area contributed by atoms with Gasteiger partial charge in [-0.25, -0.2) is 0 Å². The lowest BCUT2D eigenvalue weighted by Crippen LogP contribution is -2.42. The first-order valence-corrected chi connectivity index (χ1v) is 16.2. The van der Waals surface area contributed by atoms with E-state index >= 15 is 0 Å². The summed E-state index contributed by atoms with van der Waals surface area (Å²) in [4.78, 5) is 0.688. The van der Waals surface area contributed by atoms with E-state index in [2.05, 4.69) is 48.5 Å². The first kappa shape index (κ1) is 26.1. The largest absolute Gasteiger partial charge is 0.394 e. The molecule has 0 bridgehead atoms. The van der Waals surface area contributed by atoms with Gasteiger partial charge in [0.25, 0.3) is 15.2 Å². The summed E-state index contributed by atoms with van der Waals surface area (Å²) in [6.07, 6.45) is 13.0. The normalized spacial score (nSPS) is 39.5. The molecule has 0 radical (unpaired) electrons. The topological polar surface area (TPSA) is 9.23 Å². The lowest BCUT2D eigenvalue weighted by molar-refractivity contribution is 0.0154. The summed E-state index contributed by atoms with van der Waals surface area (Å²) in [7, 11) is 0. The van der Waals surface area contributed by atoms with Crippen LogP contribution in [0.5, 0.6) is 0 Å². The Morgan fingerprint density at radius 1 is 0.710 bits per heavy atom. The molecule has 2 aliphatic carbocycles. The highest BCUT2D eigenvalue weighted by molar-refractivity contribution is 6.37. The van der Waals surface area contributed by atoms with E-state index in [1.165, 1.54) is 57.8 Å². The fraction of sp³-hybridized carbons (Fsp3) is 1.00. The molecule has 9 unspecified atom stereocenters. The van der Waals surface area contributed by atoms with Crippen molar-refractivity contribution in [3.63, 3.8) is 0 Å². The average Bonchev–Trinajstić information content (AvgIpc) is 2.74. The van der Waals surface area contributed by atoms with Crippen LogP contribution in [-0.4, -0.2) is 26.8 Å². The van der Waals surface area contributed by atoms with Crippen LogP contribution < -0.4 is 0 Å². The van der Waals surface area contributed by atoms with Crippen molar-refractivity contribution in [1.29, 1.82) is 0 Å². The maximum atomic E-state index is 6.27. The predicted molar refractivity (Wildman–Crippen MR) is 138 cm³/mol. The maximum Gasteiger partial charge on any atom is 0.282 e. The van der Waals surface area contributed by atoms with Crippen molar-refractivity contribution in [2.24, 2.45) is 59.2 Å². The first-order valence-electron chi connectivity index (χ1n) is 14.4. The Morgan fingerprint density at radius 2 is 1.29 bits per heavy atom. The van der Waals surface area contributed by atoms with E-state index in [-0.39, 0.29) is 15.2 Å². The lowest BCUT2D eigenvalue weighted by atomic mass is 9.58. The highest BCUT2D eigenvalue weighted by Crippen LogP contribution is 2.51. The summed E-state index contributed by atoms with van der Waals surface area (Å²) < 4.78 is 6.27. The second-order valence-electron chi connectivity index (χ2n) is 13.1. The fourth-order valence-corrected chi connectivity index (χ4v) is 10.9. The second-order valence-corrected chi connectivity index (χ2v) is 15.1. The van der Waals surface area contributed by atoms with E-state index in [0.717, 1.165) is 65.8 Å². The number of ether oxygens (including phenoxy) is 1. The molecule has 0 aromatic carbocycles. The van der Waals surface area contributed by atoms with Gasteiger partial charge in [-0.2, -0.15) is 0 Å². The summed E-state index contributed by atoms with van der Waals surface area (Å²) in [5, 5.41) is 1.56. The lowest BCUT2D eigenvalue weighted by Gasteiger charge is -2.49. The van der Waals surface area contributed by atoms with Crippen LogP contribution >= 0.6 is 0 Å². The molecule has 1 heterocycles. The van der Waals surface area contributed by atoms with Crippen LogP contribution in [0, 0.1) is 59.2 Å². The predicted octanol–water partition coefficient (Wildman–Crippen LogP) is 8.04. The molecule has 0 aromatic rings. The van der Waals surface area contributed by atoms with Gasteiger partial charge in [-0.05, 0) is 104 Å². The molecule has 31 heavy (non-hydrogen) atoms. The molecule has 1 saturated heterocycles. The van der Waals surface area contributed by atoms with Gasteiger partial charge in [0.1, 0.15) is 0 Å². The van der Waals surface area contributed by atoms with Crippen LogP contribution in [0.2, 0.25) is 5.28 Å². The SMILES string of the molecule is CC1CCC(C(C)C)C(C(C)C([CH2][AlH][CH]2CCCCO2)C2CC(C)CCC2C(C)C)C1. The van der Waals surface area contributed by atoms with Gasteiger partial charge in [-0.3, -0.25) is 0 Å². The van der Waals surface area contributed by atoms with Crippen molar-refractivity contribution < 1.29 is 4.74 Å². The van der Waals surface area contributed by atoms with Crippen LogP contribution in [0.3, 0.4) is 0 Å². The van der Waals surface area contributed by atoms with E-state index in [1.54, 1.807) is 5.28 Å². The quantitative estimate of drug-likeness (QED) is 0.343. The van der Waals surface area contributed by atoms with Gasteiger partial charge in [-0.15, -0.1) is 0 Å². The van der Waals surface area contributed by atoms with Gasteiger partial charge in [0.05, 0.1) is 0 Å². The number of hydrogen-bond acceptors (Lipinski definition) is 1. The van der Waals surface area contributed by atoms with Gasteiger partial charge in [0.15, 0.2) is 0 Å². The van der Waals surface area contributed by atoms with Crippen LogP contribution in [0.1, 0.15) is 106 Å². The van der Waals surface area contributed by atoms with E-state index in [0.29, 0.717) is 4.97 Å². The van der Waals surface area contributed by atoms with Crippen molar-refractivity contribution in [3.05, 3.63) is 0 Å². The van der Waals surface area contributed by atoms with Gasteiger partial charge in [0.2, 0.25) is 0 Å². The summed E-state index contributed by atoms with van der Waals surface area (Å²) in [5.74, 6) is 9.30. The minimum atomic E-state index is -0.141. The fourth-order valence-electron chi connectivity index (χ4n) is 8.25. The van der Waals surface area contributed by atoms with Gasteiger partial charge >= 0.3 is 0 Å². The zero-order valence-corrected chi connectivity index (χ0v) is 23.7. The average molecular weight is 447 g/mol. The Kier molecular flexibility index (Phi) is 10.3. The molecule has 3 rings (SSSR count). The Balaban J connectivity index is 1.82. The highest BCUT2D eigenvalue weighted by Gasteiger charge is 2.43. The Hall–Kier alpha value is 0.492. The first-order chi connectivity index (χ1) is 14.8. The summed E-state index contributed by atoms with van der Waals surface area (Å²) in [6.45, 7) is 18.9. The zero-order chi connectivity index (χ0) is 22.5. The Morgan fingerprint density at radius 3 is 1.84 bits per heavy atom. The van der Waals surface area contributed by atoms with Gasteiger partial charge in [-0.1, -0.05) is 66.6 Å². The maximum absolute atomic E-state index is 6.27. The molecular formula is C29H55AlO. The molecular weight excluding hydrogens is 391 g/mol. The number of rotatable bonds is 8. The second kappa shape index (κ2) is 12.3. The molecule has 0 aromatic heterocycles. The number of hydrogen-bond donors (Lipinski definition) is 0. The minimum Gasteiger partial charge on any atom is -0.394 e. The third-order valence-corrected chi connectivity index (χ3v) is 12.4. The Labute approximate surface area is 202 Å². The summed E-state index contributed by atoms with van der Waals surface area (Å²) in [6, 6.07) is 0. The van der Waals surface area contributed by atoms with Crippen LogP contribution in [0.25, 0.3) is 0 Å². The van der Waals surface area contributed by atoms with Gasteiger partial charge in [0, 0.05) is 11.6 Å². The molecule has 1 nitrogen and oxygen atoms in total. The zero-order valence-electron chi connectivity index (χ0n) is 22.2. The monoisotopic (exact) mass is 446 g/mol. The Bertz CT molecular complexity index is 511. The van der Waals surface area contributed by atoms with E-state index in [9.17, 15) is 0 Å². The van der Waals surface area contributed by atoms with Crippen molar-refractivity contribution in [1.82, 2.24) is 0 Å². The van der Waals surface area contributed by atoms with Crippen molar-refractivity contribution in [3.8, 4) is 0 Å². The molecule has 3 aliphatic rings. The van der Waals surface area contributed by atoms with E-state index in [1.807, 2.05) is 0 Å². The van der Waals surface area contributed by atoms with Crippen molar-refractivity contribution >= 4 is 15.2 Å². The highest BCUT2D eigenvalue weighted by atomic mass is 27.1. The van der Waals surface area contributed by atoms with Crippen LogP contribution in [-0.2, 0) is 4.74 Å². The van der Waals surface area contributed by atoms with E-state index < -0.39 is 0 Å². The summed E-state index contributed by atoms with van der Waals surface area (Å²) in [5.41, 5.74) is 0. The van der Waals surface area contributed by atoms with Gasteiger partial charge < -0.3 is 4.74 Å². The third-order valence-electron chi connectivity index (χ3n) is 10.1. The molecule has 0 spiro atoms. The molecule has 2 saturated carbocycles. The van der Waals surface area contributed by atoms with Crippen LogP contribution in [0.15, 0.2) is 0 Å². The molecule has 180 valence electrons. The minimum absolute atomic E-state index is 0.141. The van der Waals surface area contributed by atoms with E-state index in [4.69, 9.17) is 4.74 Å². The van der Waals surface area contributed by atoms with Crippen molar-refractivity contribution in [2.75, 3.05) is 6.61 Å². The smallest absolute Gasteiger partial charge is 0.282 e. The summed E-state index contributed by atoms with van der Waals surface area (Å²) >= 11 is -0.141. The molecule has 1 aliphatic heterocycles.